The Bertz CT molecular complexity index is 259. The quantitative estimate of drug-likeness (QED) is 0.755. The van der Waals surface area contributed by atoms with E-state index in [0.717, 1.165) is 32.4 Å². The third-order valence-corrected chi connectivity index (χ3v) is 4.11. The van der Waals surface area contributed by atoms with Gasteiger partial charge in [-0.15, -0.1) is 0 Å². The molecule has 4 heteroatoms. The van der Waals surface area contributed by atoms with E-state index >= 15 is 0 Å². The van der Waals surface area contributed by atoms with Gasteiger partial charge in [0.1, 0.15) is 0 Å². The lowest BCUT2D eigenvalue weighted by molar-refractivity contribution is -0.134. The fourth-order valence-electron chi connectivity index (χ4n) is 2.17. The van der Waals surface area contributed by atoms with Gasteiger partial charge in [0.05, 0.1) is 6.04 Å². The molecule has 1 heterocycles. The van der Waals surface area contributed by atoms with Crippen LogP contribution in [0.4, 0.5) is 0 Å². The van der Waals surface area contributed by atoms with Crippen molar-refractivity contribution in [1.29, 1.82) is 0 Å². The number of hydrogen-bond donors (Lipinski definition) is 2. The molecule has 1 amide bonds. The Kier molecular flexibility index (Phi) is 6.09. The minimum Gasteiger partial charge on any atom is -0.396 e. The van der Waals surface area contributed by atoms with Crippen LogP contribution in [0.15, 0.2) is 0 Å². The topological polar surface area (TPSA) is 52.6 Å². The van der Waals surface area contributed by atoms with E-state index in [1.54, 1.807) is 0 Å². The van der Waals surface area contributed by atoms with Crippen molar-refractivity contribution in [3.05, 3.63) is 0 Å². The molecule has 0 saturated carbocycles. The molecule has 1 rings (SSSR count). The molecule has 0 aromatic carbocycles. The average Bonchev–Trinajstić information content (AvgIpc) is 2.44. The van der Waals surface area contributed by atoms with Crippen LogP contribution in [0, 0.1) is 5.41 Å². The smallest absolute Gasteiger partial charge is 0.239 e. The summed E-state index contributed by atoms with van der Waals surface area (Å²) >= 11 is 0. The van der Waals surface area contributed by atoms with E-state index < -0.39 is 0 Å². The number of nitrogens with zero attached hydrogens (tertiary/aromatic N) is 1. The van der Waals surface area contributed by atoms with Crippen LogP contribution >= 0.6 is 0 Å². The Morgan fingerprint density at radius 2 is 2.00 bits per heavy atom. The van der Waals surface area contributed by atoms with Crippen LogP contribution in [0.2, 0.25) is 0 Å². The van der Waals surface area contributed by atoms with Crippen LogP contribution in [0.5, 0.6) is 0 Å². The summed E-state index contributed by atoms with van der Waals surface area (Å²) in [7, 11) is 0. The molecule has 4 nitrogen and oxygen atoms in total. The van der Waals surface area contributed by atoms with Gasteiger partial charge in [-0.2, -0.15) is 0 Å². The second-order valence-corrected chi connectivity index (χ2v) is 5.81. The Hall–Kier alpha value is -0.610. The fourth-order valence-corrected chi connectivity index (χ4v) is 2.17. The summed E-state index contributed by atoms with van der Waals surface area (Å²) in [6.07, 6.45) is 4.40. The second kappa shape index (κ2) is 7.10. The summed E-state index contributed by atoms with van der Waals surface area (Å²) < 4.78 is 0. The van der Waals surface area contributed by atoms with E-state index in [0.29, 0.717) is 6.54 Å². The summed E-state index contributed by atoms with van der Waals surface area (Å²) in [6.45, 7) is 8.66. The van der Waals surface area contributed by atoms with Crippen molar-refractivity contribution in [2.45, 2.75) is 52.5 Å². The maximum absolute atomic E-state index is 12.2. The van der Waals surface area contributed by atoms with E-state index in [9.17, 15) is 9.90 Å². The number of amides is 1. The summed E-state index contributed by atoms with van der Waals surface area (Å²) in [5.41, 5.74) is -0.129. The molecule has 1 aliphatic rings. The van der Waals surface area contributed by atoms with E-state index in [1.165, 1.54) is 6.42 Å². The van der Waals surface area contributed by atoms with Gasteiger partial charge in [-0.25, -0.2) is 0 Å². The van der Waals surface area contributed by atoms with Gasteiger partial charge in [-0.1, -0.05) is 13.8 Å². The zero-order valence-corrected chi connectivity index (χ0v) is 12.0. The molecule has 1 aliphatic heterocycles. The largest absolute Gasteiger partial charge is 0.396 e. The number of aliphatic hydroxyl groups is 1. The maximum Gasteiger partial charge on any atom is 0.239 e. The Morgan fingerprint density at radius 3 is 2.50 bits per heavy atom. The summed E-state index contributed by atoms with van der Waals surface area (Å²) in [4.78, 5) is 14.2. The van der Waals surface area contributed by atoms with Crippen molar-refractivity contribution in [3.63, 3.8) is 0 Å². The van der Waals surface area contributed by atoms with Crippen LogP contribution in [-0.2, 0) is 4.79 Å². The SMILES string of the molecule is CCC(C)(CO)CNC(C)C(=O)N1CCCCC1. The number of aliphatic hydroxyl groups excluding tert-OH is 1. The Labute approximate surface area is 111 Å². The number of likely N-dealkylation sites (tertiary alicyclic amines) is 1. The first-order chi connectivity index (χ1) is 8.52. The molecule has 2 unspecified atom stereocenters. The van der Waals surface area contributed by atoms with Crippen LogP contribution in [0.3, 0.4) is 0 Å². The maximum atomic E-state index is 12.2. The molecule has 1 saturated heterocycles. The number of rotatable bonds is 6. The first-order valence-corrected chi connectivity index (χ1v) is 7.15. The number of carbonyl (C=O) groups is 1. The van der Waals surface area contributed by atoms with Gasteiger partial charge in [0, 0.05) is 31.7 Å². The van der Waals surface area contributed by atoms with Crippen molar-refractivity contribution in [3.8, 4) is 0 Å². The summed E-state index contributed by atoms with van der Waals surface area (Å²) in [5.74, 6) is 0.200. The van der Waals surface area contributed by atoms with Gasteiger partial charge < -0.3 is 15.3 Å². The van der Waals surface area contributed by atoms with Gasteiger partial charge in [0.25, 0.3) is 0 Å². The molecule has 0 radical (unpaired) electrons. The summed E-state index contributed by atoms with van der Waals surface area (Å²) in [6, 6.07) is -0.152. The standard InChI is InChI=1S/C14H28N2O2/c1-4-14(3,11-17)10-15-12(2)13(18)16-8-6-5-7-9-16/h12,15,17H,4-11H2,1-3H3. The van der Waals surface area contributed by atoms with Gasteiger partial charge >= 0.3 is 0 Å². The number of nitrogens with one attached hydrogen (secondary N) is 1. The predicted molar refractivity (Wildman–Crippen MR) is 73.4 cm³/mol. The van der Waals surface area contributed by atoms with E-state index in [1.807, 2.05) is 18.7 Å². The summed E-state index contributed by atoms with van der Waals surface area (Å²) in [5, 5.41) is 12.6. The van der Waals surface area contributed by atoms with Crippen molar-refractivity contribution in [2.75, 3.05) is 26.2 Å². The molecule has 2 atom stereocenters. The number of piperidine rings is 1. The average molecular weight is 256 g/mol. The zero-order chi connectivity index (χ0) is 13.6. The van der Waals surface area contributed by atoms with E-state index in [4.69, 9.17) is 0 Å². The molecule has 0 aromatic heterocycles. The molecular weight excluding hydrogens is 228 g/mol. The van der Waals surface area contributed by atoms with Gasteiger partial charge in [0.15, 0.2) is 0 Å². The normalized spacial score (nSPS) is 21.4. The molecule has 0 bridgehead atoms. The van der Waals surface area contributed by atoms with Crippen molar-refractivity contribution in [2.24, 2.45) is 5.41 Å². The lowest BCUT2D eigenvalue weighted by Crippen LogP contribution is -2.49. The highest BCUT2D eigenvalue weighted by Gasteiger charge is 2.25. The third-order valence-electron chi connectivity index (χ3n) is 4.11. The number of carbonyl (C=O) groups excluding carboxylic acids is 1. The van der Waals surface area contributed by atoms with Crippen LogP contribution in [0.1, 0.15) is 46.5 Å². The minimum absolute atomic E-state index is 0.129. The highest BCUT2D eigenvalue weighted by molar-refractivity contribution is 5.81. The molecular formula is C14H28N2O2. The molecule has 2 N–H and O–H groups in total. The van der Waals surface area contributed by atoms with E-state index in [2.05, 4.69) is 12.2 Å². The van der Waals surface area contributed by atoms with Crippen molar-refractivity contribution >= 4 is 5.91 Å². The second-order valence-electron chi connectivity index (χ2n) is 5.81. The number of hydrogen-bond acceptors (Lipinski definition) is 3. The lowest BCUT2D eigenvalue weighted by Gasteiger charge is -2.32. The van der Waals surface area contributed by atoms with Crippen LogP contribution < -0.4 is 5.32 Å². The monoisotopic (exact) mass is 256 g/mol. The third kappa shape index (κ3) is 4.25. The molecule has 18 heavy (non-hydrogen) atoms. The zero-order valence-electron chi connectivity index (χ0n) is 12.0. The fraction of sp³-hybridized carbons (Fsp3) is 0.929. The molecule has 0 aromatic rings. The Morgan fingerprint density at radius 1 is 1.39 bits per heavy atom. The van der Waals surface area contributed by atoms with Crippen LogP contribution in [-0.4, -0.2) is 48.2 Å². The van der Waals surface area contributed by atoms with Crippen molar-refractivity contribution in [1.82, 2.24) is 10.2 Å². The minimum atomic E-state index is -0.152. The highest BCUT2D eigenvalue weighted by Crippen LogP contribution is 2.19. The highest BCUT2D eigenvalue weighted by atomic mass is 16.3. The molecule has 106 valence electrons. The Balaban J connectivity index is 2.39. The molecule has 0 spiro atoms. The van der Waals surface area contributed by atoms with Gasteiger partial charge in [-0.3, -0.25) is 4.79 Å². The van der Waals surface area contributed by atoms with E-state index in [-0.39, 0.29) is 24.0 Å². The first kappa shape index (κ1) is 15.4. The van der Waals surface area contributed by atoms with Crippen molar-refractivity contribution < 1.29 is 9.90 Å². The molecule has 1 fully saturated rings. The molecule has 0 aliphatic carbocycles. The first-order valence-electron chi connectivity index (χ1n) is 7.15. The lowest BCUT2D eigenvalue weighted by atomic mass is 9.88. The van der Waals surface area contributed by atoms with Crippen LogP contribution in [0.25, 0.3) is 0 Å². The van der Waals surface area contributed by atoms with Gasteiger partial charge in [0.2, 0.25) is 5.91 Å². The van der Waals surface area contributed by atoms with Gasteiger partial charge in [-0.05, 0) is 32.6 Å². The predicted octanol–water partition coefficient (Wildman–Crippen LogP) is 1.39.